The third-order valence-corrected chi connectivity index (χ3v) is 3.79. The molecule has 0 aromatic carbocycles. The number of carbonyl (C=O) groups is 1. The lowest BCUT2D eigenvalue weighted by molar-refractivity contribution is -0.186. The second-order valence-electron chi connectivity index (χ2n) is 5.53. The number of aryl methyl sites for hydroxylation is 2. The van der Waals surface area contributed by atoms with Crippen LogP contribution in [0.15, 0.2) is 6.07 Å². The Kier molecular flexibility index (Phi) is 4.22. The van der Waals surface area contributed by atoms with Crippen molar-refractivity contribution in [1.29, 1.82) is 0 Å². The van der Waals surface area contributed by atoms with E-state index in [-0.39, 0.29) is 25.3 Å². The molecule has 1 saturated heterocycles. The average Bonchev–Trinajstić information content (AvgIpc) is 2.68. The first-order chi connectivity index (χ1) is 9.27. The van der Waals surface area contributed by atoms with Crippen LogP contribution in [0.3, 0.4) is 0 Å². The predicted octanol–water partition coefficient (Wildman–Crippen LogP) is 3.09. The number of halogens is 3. The van der Waals surface area contributed by atoms with Crippen LogP contribution >= 0.6 is 0 Å². The van der Waals surface area contributed by atoms with Gasteiger partial charge in [0.05, 0.1) is 12.5 Å². The number of aromatic nitrogens is 1. The molecular formula is C14H19F3N2O. The summed E-state index contributed by atoms with van der Waals surface area (Å²) in [5, 5.41) is 0. The molecule has 1 fully saturated rings. The lowest BCUT2D eigenvalue weighted by Crippen LogP contribution is -2.43. The van der Waals surface area contributed by atoms with Crippen LogP contribution in [-0.4, -0.2) is 41.5 Å². The summed E-state index contributed by atoms with van der Waals surface area (Å²) in [6.07, 6.45) is -3.51. The highest BCUT2D eigenvalue weighted by atomic mass is 19.4. The topological polar surface area (TPSA) is 36.1 Å². The number of hydrogen-bond donors (Lipinski definition) is 1. The van der Waals surface area contributed by atoms with Gasteiger partial charge in [-0.15, -0.1) is 0 Å². The number of likely N-dealkylation sites (tertiary alicyclic amines) is 1. The van der Waals surface area contributed by atoms with Gasteiger partial charge in [-0.25, -0.2) is 0 Å². The van der Waals surface area contributed by atoms with Crippen LogP contribution in [0.1, 0.15) is 34.6 Å². The number of nitrogens with zero attached hydrogens (tertiary/aromatic N) is 1. The third kappa shape index (κ3) is 3.42. The lowest BCUT2D eigenvalue weighted by Gasteiger charge is -2.33. The fraction of sp³-hybridized carbons (Fsp3) is 0.643. The number of piperidine rings is 1. The minimum Gasteiger partial charge on any atom is -0.362 e. The first kappa shape index (κ1) is 15.1. The standard InChI is InChI=1S/C14H19F3N2O/c1-9-6-12(10(2)18-9)13(20)8-19-5-3-4-11(7-19)14(15,16)17/h6,11,18H,3-5,7-8H2,1-2H3. The Labute approximate surface area is 116 Å². The first-order valence-electron chi connectivity index (χ1n) is 6.76. The normalized spacial score (nSPS) is 21.1. The smallest absolute Gasteiger partial charge is 0.362 e. The van der Waals surface area contributed by atoms with Gasteiger partial charge in [0.2, 0.25) is 0 Å². The van der Waals surface area contributed by atoms with Crippen molar-refractivity contribution in [1.82, 2.24) is 9.88 Å². The van der Waals surface area contributed by atoms with Crippen LogP contribution < -0.4 is 0 Å². The molecule has 112 valence electrons. The van der Waals surface area contributed by atoms with Crippen molar-refractivity contribution in [3.05, 3.63) is 23.0 Å². The van der Waals surface area contributed by atoms with Crippen LogP contribution in [0.2, 0.25) is 0 Å². The Morgan fingerprint density at radius 3 is 2.70 bits per heavy atom. The van der Waals surface area contributed by atoms with Crippen LogP contribution in [-0.2, 0) is 0 Å². The van der Waals surface area contributed by atoms with Gasteiger partial charge < -0.3 is 4.98 Å². The number of nitrogens with one attached hydrogen (secondary N) is 1. The zero-order chi connectivity index (χ0) is 14.9. The number of H-pyrrole nitrogens is 1. The third-order valence-electron chi connectivity index (χ3n) is 3.79. The molecule has 0 bridgehead atoms. The van der Waals surface area contributed by atoms with Gasteiger partial charge in [0.15, 0.2) is 5.78 Å². The molecule has 20 heavy (non-hydrogen) atoms. The Morgan fingerprint density at radius 1 is 1.45 bits per heavy atom. The molecule has 0 aliphatic carbocycles. The highest BCUT2D eigenvalue weighted by Gasteiger charge is 2.41. The largest absolute Gasteiger partial charge is 0.393 e. The second kappa shape index (κ2) is 5.60. The first-order valence-corrected chi connectivity index (χ1v) is 6.76. The number of carbonyl (C=O) groups excluding carboxylic acids is 1. The quantitative estimate of drug-likeness (QED) is 0.868. The molecule has 1 aliphatic rings. The molecule has 1 unspecified atom stereocenters. The van der Waals surface area contributed by atoms with E-state index in [4.69, 9.17) is 0 Å². The van der Waals surface area contributed by atoms with Crippen molar-refractivity contribution in [3.63, 3.8) is 0 Å². The highest BCUT2D eigenvalue weighted by molar-refractivity contribution is 5.98. The zero-order valence-electron chi connectivity index (χ0n) is 11.7. The molecule has 1 atom stereocenters. The summed E-state index contributed by atoms with van der Waals surface area (Å²) in [5.41, 5.74) is 2.24. The van der Waals surface area contributed by atoms with Crippen molar-refractivity contribution < 1.29 is 18.0 Å². The highest BCUT2D eigenvalue weighted by Crippen LogP contribution is 2.33. The summed E-state index contributed by atoms with van der Waals surface area (Å²) in [7, 11) is 0. The van der Waals surface area contributed by atoms with Crippen molar-refractivity contribution in [3.8, 4) is 0 Å². The van der Waals surface area contributed by atoms with Crippen LogP contribution in [0, 0.1) is 19.8 Å². The lowest BCUT2D eigenvalue weighted by atomic mass is 9.97. The number of aromatic amines is 1. The maximum atomic E-state index is 12.7. The number of hydrogen-bond acceptors (Lipinski definition) is 2. The van der Waals surface area contributed by atoms with Gasteiger partial charge in [-0.3, -0.25) is 9.69 Å². The predicted molar refractivity (Wildman–Crippen MR) is 69.8 cm³/mol. The van der Waals surface area contributed by atoms with E-state index in [2.05, 4.69) is 4.98 Å². The summed E-state index contributed by atoms with van der Waals surface area (Å²) < 4.78 is 38.2. The van der Waals surface area contributed by atoms with Gasteiger partial charge in [0.1, 0.15) is 0 Å². The minimum absolute atomic E-state index is 0.0602. The summed E-state index contributed by atoms with van der Waals surface area (Å²) in [5.74, 6) is -1.42. The average molecular weight is 288 g/mol. The molecular weight excluding hydrogens is 269 g/mol. The van der Waals surface area contributed by atoms with E-state index in [0.29, 0.717) is 18.5 Å². The molecule has 1 aliphatic heterocycles. The van der Waals surface area contributed by atoms with Gasteiger partial charge in [0, 0.05) is 23.5 Å². The van der Waals surface area contributed by atoms with Gasteiger partial charge >= 0.3 is 6.18 Å². The van der Waals surface area contributed by atoms with Crippen molar-refractivity contribution in [2.45, 2.75) is 32.9 Å². The molecule has 0 amide bonds. The molecule has 1 N–H and O–H groups in total. The Hall–Kier alpha value is -1.30. The van der Waals surface area contributed by atoms with E-state index in [1.54, 1.807) is 17.9 Å². The Morgan fingerprint density at radius 2 is 2.15 bits per heavy atom. The monoisotopic (exact) mass is 288 g/mol. The molecule has 6 heteroatoms. The van der Waals surface area contributed by atoms with Gasteiger partial charge in [-0.1, -0.05) is 0 Å². The Balaban J connectivity index is 1.99. The summed E-state index contributed by atoms with van der Waals surface area (Å²) >= 11 is 0. The molecule has 0 spiro atoms. The van der Waals surface area contributed by atoms with Gasteiger partial charge in [-0.05, 0) is 39.3 Å². The van der Waals surface area contributed by atoms with Gasteiger partial charge in [-0.2, -0.15) is 13.2 Å². The summed E-state index contributed by atoms with van der Waals surface area (Å²) in [6, 6.07) is 1.75. The summed E-state index contributed by atoms with van der Waals surface area (Å²) in [6.45, 7) is 4.20. The van der Waals surface area contributed by atoms with E-state index in [1.807, 2.05) is 6.92 Å². The van der Waals surface area contributed by atoms with Crippen LogP contribution in [0.4, 0.5) is 13.2 Å². The molecule has 1 aromatic heterocycles. The van der Waals surface area contributed by atoms with E-state index in [9.17, 15) is 18.0 Å². The summed E-state index contributed by atoms with van der Waals surface area (Å²) in [4.78, 5) is 16.8. The Bertz CT molecular complexity index is 493. The molecule has 0 saturated carbocycles. The molecule has 2 rings (SSSR count). The van der Waals surface area contributed by atoms with E-state index < -0.39 is 12.1 Å². The fourth-order valence-electron chi connectivity index (χ4n) is 2.77. The van der Waals surface area contributed by atoms with Gasteiger partial charge in [0.25, 0.3) is 0 Å². The number of alkyl halides is 3. The SMILES string of the molecule is Cc1cc(C(=O)CN2CCCC(C(F)(F)F)C2)c(C)[nH]1. The van der Waals surface area contributed by atoms with Crippen molar-refractivity contribution in [2.75, 3.05) is 19.6 Å². The van der Waals surface area contributed by atoms with Crippen LogP contribution in [0.25, 0.3) is 0 Å². The van der Waals surface area contributed by atoms with Crippen molar-refractivity contribution >= 4 is 5.78 Å². The molecule has 3 nitrogen and oxygen atoms in total. The van der Waals surface area contributed by atoms with Crippen LogP contribution in [0.5, 0.6) is 0 Å². The molecule has 1 aromatic rings. The maximum absolute atomic E-state index is 12.7. The number of Topliss-reactive ketones (excluding diaryl/α,β-unsaturated/α-hetero) is 1. The minimum atomic E-state index is -4.16. The van der Waals surface area contributed by atoms with E-state index >= 15 is 0 Å². The van der Waals surface area contributed by atoms with Crippen molar-refractivity contribution in [2.24, 2.45) is 5.92 Å². The molecule has 2 heterocycles. The van der Waals surface area contributed by atoms with E-state index in [1.165, 1.54) is 0 Å². The number of rotatable bonds is 3. The maximum Gasteiger partial charge on any atom is 0.393 e. The fourth-order valence-corrected chi connectivity index (χ4v) is 2.77. The zero-order valence-corrected chi connectivity index (χ0v) is 11.7. The second-order valence-corrected chi connectivity index (χ2v) is 5.53. The number of ketones is 1. The molecule has 0 radical (unpaired) electrons. The van der Waals surface area contributed by atoms with E-state index in [0.717, 1.165) is 11.4 Å².